The second-order valence-electron chi connectivity index (χ2n) is 5.57. The zero-order valence-electron chi connectivity index (χ0n) is 10.4. The van der Waals surface area contributed by atoms with Crippen LogP contribution in [-0.2, 0) is 5.60 Å². The molecule has 0 saturated heterocycles. The molecule has 1 N–H and O–H groups in total. The van der Waals surface area contributed by atoms with E-state index in [4.69, 9.17) is 0 Å². The van der Waals surface area contributed by atoms with Crippen LogP contribution >= 0.6 is 0 Å². The Bertz CT molecular complexity index is 407. The lowest BCUT2D eigenvalue weighted by molar-refractivity contribution is -0.0163. The van der Waals surface area contributed by atoms with Gasteiger partial charge in [0, 0.05) is 11.0 Å². The average molecular weight is 222 g/mol. The molecule has 1 aliphatic carbocycles. The second kappa shape index (κ2) is 3.30. The third-order valence-electron chi connectivity index (χ3n) is 4.09. The molecule has 0 radical (unpaired) electrons. The summed E-state index contributed by atoms with van der Waals surface area (Å²) in [6, 6.07) is 3.43. The lowest BCUT2D eigenvalue weighted by Crippen LogP contribution is -2.33. The number of benzene rings is 1. The summed E-state index contributed by atoms with van der Waals surface area (Å²) in [5.74, 6) is -0.282. The SMILES string of the molecule is Cc1cc(C)c(C(C)(O)C2(C)CC2)c(F)c1. The van der Waals surface area contributed by atoms with E-state index in [0.29, 0.717) is 5.56 Å². The number of hydrogen-bond donors (Lipinski definition) is 1. The first-order valence-corrected chi connectivity index (χ1v) is 5.77. The van der Waals surface area contributed by atoms with Crippen LogP contribution in [0.3, 0.4) is 0 Å². The van der Waals surface area contributed by atoms with Gasteiger partial charge in [-0.15, -0.1) is 0 Å². The van der Waals surface area contributed by atoms with Crippen molar-refractivity contribution in [3.8, 4) is 0 Å². The quantitative estimate of drug-likeness (QED) is 0.812. The third-order valence-corrected chi connectivity index (χ3v) is 4.09. The molecule has 0 spiro atoms. The monoisotopic (exact) mass is 222 g/mol. The topological polar surface area (TPSA) is 20.2 Å². The van der Waals surface area contributed by atoms with Gasteiger partial charge in [-0.2, -0.15) is 0 Å². The predicted molar refractivity (Wildman–Crippen MR) is 62.8 cm³/mol. The van der Waals surface area contributed by atoms with E-state index in [-0.39, 0.29) is 11.2 Å². The van der Waals surface area contributed by atoms with Crippen LogP contribution in [0.1, 0.15) is 43.4 Å². The molecule has 0 aromatic heterocycles. The Labute approximate surface area is 96.3 Å². The van der Waals surface area contributed by atoms with Crippen molar-refractivity contribution >= 4 is 0 Å². The van der Waals surface area contributed by atoms with Crippen LogP contribution in [0.4, 0.5) is 4.39 Å². The Morgan fingerprint density at radius 1 is 1.31 bits per heavy atom. The van der Waals surface area contributed by atoms with Gasteiger partial charge in [0.05, 0.1) is 5.60 Å². The van der Waals surface area contributed by atoms with Crippen LogP contribution in [0.5, 0.6) is 0 Å². The van der Waals surface area contributed by atoms with E-state index >= 15 is 0 Å². The van der Waals surface area contributed by atoms with E-state index in [9.17, 15) is 9.50 Å². The normalized spacial score (nSPS) is 21.6. The summed E-state index contributed by atoms with van der Waals surface area (Å²) in [5.41, 5.74) is 0.993. The fraction of sp³-hybridized carbons (Fsp3) is 0.571. The molecule has 1 atom stereocenters. The first-order chi connectivity index (χ1) is 7.28. The molecule has 0 bridgehead atoms. The van der Waals surface area contributed by atoms with Gasteiger partial charge in [-0.25, -0.2) is 4.39 Å². The highest BCUT2D eigenvalue weighted by Gasteiger charge is 2.54. The maximum absolute atomic E-state index is 14.0. The van der Waals surface area contributed by atoms with E-state index < -0.39 is 5.60 Å². The Hall–Kier alpha value is -0.890. The lowest BCUT2D eigenvalue weighted by Gasteiger charge is -2.33. The Kier molecular flexibility index (Phi) is 2.39. The van der Waals surface area contributed by atoms with Gasteiger partial charge >= 0.3 is 0 Å². The largest absolute Gasteiger partial charge is 0.385 e. The number of rotatable bonds is 2. The fourth-order valence-electron chi connectivity index (χ4n) is 2.51. The fourth-order valence-corrected chi connectivity index (χ4v) is 2.51. The number of aliphatic hydroxyl groups is 1. The van der Waals surface area contributed by atoms with E-state index in [1.165, 1.54) is 6.07 Å². The molecule has 0 aliphatic heterocycles. The van der Waals surface area contributed by atoms with Gasteiger partial charge < -0.3 is 5.11 Å². The highest BCUT2D eigenvalue weighted by molar-refractivity contribution is 5.38. The second-order valence-corrected chi connectivity index (χ2v) is 5.57. The molecule has 1 nitrogen and oxygen atoms in total. The van der Waals surface area contributed by atoms with Gasteiger partial charge in [-0.1, -0.05) is 13.0 Å². The number of aryl methyl sites for hydroxylation is 2. The smallest absolute Gasteiger partial charge is 0.129 e. The van der Waals surface area contributed by atoms with Crippen molar-refractivity contribution in [3.63, 3.8) is 0 Å². The minimum atomic E-state index is -1.06. The molecular weight excluding hydrogens is 203 g/mol. The summed E-state index contributed by atoms with van der Waals surface area (Å²) in [4.78, 5) is 0. The molecule has 2 heteroatoms. The van der Waals surface area contributed by atoms with Crippen molar-refractivity contribution in [2.75, 3.05) is 0 Å². The van der Waals surface area contributed by atoms with E-state index in [0.717, 1.165) is 24.0 Å². The summed E-state index contributed by atoms with van der Waals surface area (Å²) >= 11 is 0. The minimum absolute atomic E-state index is 0.159. The maximum Gasteiger partial charge on any atom is 0.129 e. The first-order valence-electron chi connectivity index (χ1n) is 5.77. The molecule has 0 heterocycles. The van der Waals surface area contributed by atoms with Gasteiger partial charge in [-0.05, 0) is 50.8 Å². The highest BCUT2D eigenvalue weighted by atomic mass is 19.1. The van der Waals surface area contributed by atoms with E-state index in [2.05, 4.69) is 0 Å². The number of hydrogen-bond acceptors (Lipinski definition) is 1. The third kappa shape index (κ3) is 1.56. The van der Waals surface area contributed by atoms with Crippen molar-refractivity contribution < 1.29 is 9.50 Å². The number of halogens is 1. The van der Waals surface area contributed by atoms with Crippen LogP contribution in [0.25, 0.3) is 0 Å². The van der Waals surface area contributed by atoms with Crippen molar-refractivity contribution in [1.82, 2.24) is 0 Å². The molecular formula is C14H19FO. The van der Waals surface area contributed by atoms with Gasteiger partial charge in [0.1, 0.15) is 5.82 Å². The van der Waals surface area contributed by atoms with Crippen molar-refractivity contribution in [2.24, 2.45) is 5.41 Å². The molecule has 1 aliphatic rings. The molecule has 1 saturated carbocycles. The summed E-state index contributed by atoms with van der Waals surface area (Å²) in [6.07, 6.45) is 1.93. The Balaban J connectivity index is 2.56. The summed E-state index contributed by atoms with van der Waals surface area (Å²) < 4.78 is 14.0. The van der Waals surface area contributed by atoms with Gasteiger partial charge in [0.2, 0.25) is 0 Å². The lowest BCUT2D eigenvalue weighted by atomic mass is 9.79. The first kappa shape index (κ1) is 11.6. The molecule has 0 amide bonds. The van der Waals surface area contributed by atoms with E-state index in [1.807, 2.05) is 26.8 Å². The summed E-state index contributed by atoms with van der Waals surface area (Å²) in [7, 11) is 0. The minimum Gasteiger partial charge on any atom is -0.385 e. The van der Waals surface area contributed by atoms with Gasteiger partial charge in [-0.3, -0.25) is 0 Å². The van der Waals surface area contributed by atoms with Crippen LogP contribution < -0.4 is 0 Å². The van der Waals surface area contributed by atoms with Gasteiger partial charge in [0.25, 0.3) is 0 Å². The molecule has 1 aromatic carbocycles. The van der Waals surface area contributed by atoms with Crippen LogP contribution in [-0.4, -0.2) is 5.11 Å². The van der Waals surface area contributed by atoms with Crippen LogP contribution in [0, 0.1) is 25.1 Å². The molecule has 1 aromatic rings. The molecule has 88 valence electrons. The zero-order valence-corrected chi connectivity index (χ0v) is 10.4. The molecule has 2 rings (SSSR count). The predicted octanol–water partition coefficient (Wildman–Crippen LogP) is 3.45. The average Bonchev–Trinajstić information content (AvgIpc) is 2.82. The molecule has 1 fully saturated rings. The van der Waals surface area contributed by atoms with Crippen LogP contribution in [0.15, 0.2) is 12.1 Å². The van der Waals surface area contributed by atoms with Crippen molar-refractivity contribution in [3.05, 3.63) is 34.6 Å². The molecule has 1 unspecified atom stereocenters. The Morgan fingerprint density at radius 3 is 2.31 bits per heavy atom. The van der Waals surface area contributed by atoms with Crippen molar-refractivity contribution in [2.45, 2.75) is 46.1 Å². The van der Waals surface area contributed by atoms with Gasteiger partial charge in [0.15, 0.2) is 0 Å². The van der Waals surface area contributed by atoms with Crippen LogP contribution in [0.2, 0.25) is 0 Å². The summed E-state index contributed by atoms with van der Waals surface area (Å²) in [5, 5.41) is 10.6. The van der Waals surface area contributed by atoms with Crippen molar-refractivity contribution in [1.29, 1.82) is 0 Å². The van der Waals surface area contributed by atoms with E-state index in [1.54, 1.807) is 6.92 Å². The standard InChI is InChI=1S/C14H19FO/c1-9-7-10(2)12(11(15)8-9)14(4,16)13(3)5-6-13/h7-8,16H,5-6H2,1-4H3. The summed E-state index contributed by atoms with van der Waals surface area (Å²) in [6.45, 7) is 7.49. The highest BCUT2D eigenvalue weighted by Crippen LogP contribution is 2.58. The zero-order chi connectivity index (χ0) is 12.1. The molecule has 16 heavy (non-hydrogen) atoms. The maximum atomic E-state index is 14.0. The Morgan fingerprint density at radius 2 is 1.88 bits per heavy atom.